The van der Waals surface area contributed by atoms with Gasteiger partial charge in [0.1, 0.15) is 24.1 Å². The highest BCUT2D eigenvalue weighted by Crippen LogP contribution is 2.54. The second-order valence-corrected chi connectivity index (χ2v) is 10.3. The second-order valence-electron chi connectivity index (χ2n) is 9.91. The lowest BCUT2D eigenvalue weighted by molar-refractivity contribution is -0.257. The predicted octanol–water partition coefficient (Wildman–Crippen LogP) is 4.13. The molecule has 9 nitrogen and oxygen atoms in total. The molecule has 0 radical (unpaired) electrons. The molecule has 1 spiro atoms. The third-order valence-corrected chi connectivity index (χ3v) is 7.32. The molecule has 5 rings (SSSR count). The monoisotopic (exact) mass is 543 g/mol. The van der Waals surface area contributed by atoms with E-state index in [4.69, 9.17) is 35.3 Å². The number of carbonyl (C=O) groups excluding carboxylic acids is 3. The summed E-state index contributed by atoms with van der Waals surface area (Å²) in [5.41, 5.74) is 2.69. The molecule has 0 amide bonds. The smallest absolute Gasteiger partial charge is 0.303 e. The van der Waals surface area contributed by atoms with Gasteiger partial charge in [-0.15, -0.1) is 0 Å². The van der Waals surface area contributed by atoms with Crippen molar-refractivity contribution in [2.75, 3.05) is 18.5 Å². The third-order valence-electron chi connectivity index (χ3n) is 6.95. The normalized spacial score (nSPS) is 24.8. The van der Waals surface area contributed by atoms with Gasteiger partial charge in [-0.05, 0) is 54.2 Å². The molecule has 2 fully saturated rings. The van der Waals surface area contributed by atoms with E-state index in [9.17, 15) is 14.4 Å². The summed E-state index contributed by atoms with van der Waals surface area (Å²) in [6, 6.07) is 11.5. The van der Waals surface area contributed by atoms with E-state index in [0.29, 0.717) is 36.5 Å². The van der Waals surface area contributed by atoms with Crippen molar-refractivity contribution in [2.45, 2.75) is 70.1 Å². The number of esters is 3. The average Bonchev–Trinajstić information content (AvgIpc) is 3.64. The molecule has 1 saturated carbocycles. The van der Waals surface area contributed by atoms with Crippen LogP contribution in [0, 0.1) is 0 Å². The average molecular weight is 544 g/mol. The van der Waals surface area contributed by atoms with Crippen molar-refractivity contribution in [3.05, 3.63) is 58.1 Å². The fourth-order valence-corrected chi connectivity index (χ4v) is 5.42. The Labute approximate surface area is 225 Å². The Bertz CT molecular complexity index is 1260. The highest BCUT2D eigenvalue weighted by atomic mass is 35.5. The second kappa shape index (κ2) is 10.5. The molecular weight excluding hydrogens is 514 g/mol. The van der Waals surface area contributed by atoms with Crippen molar-refractivity contribution >= 4 is 35.2 Å². The van der Waals surface area contributed by atoms with Crippen molar-refractivity contribution in [3.63, 3.8) is 0 Å². The zero-order valence-electron chi connectivity index (χ0n) is 21.5. The van der Waals surface area contributed by atoms with Gasteiger partial charge in [0.25, 0.3) is 0 Å². The Hall–Kier alpha value is -3.30. The first-order valence-electron chi connectivity index (χ1n) is 12.6. The molecule has 0 unspecified atom stereocenters. The van der Waals surface area contributed by atoms with E-state index >= 15 is 0 Å². The molecule has 38 heavy (non-hydrogen) atoms. The molecule has 2 heterocycles. The van der Waals surface area contributed by atoms with Crippen LogP contribution in [0.25, 0.3) is 0 Å². The molecule has 10 heteroatoms. The van der Waals surface area contributed by atoms with Crippen LogP contribution in [0.2, 0.25) is 5.02 Å². The first kappa shape index (κ1) is 26.3. The predicted molar refractivity (Wildman–Crippen MR) is 137 cm³/mol. The van der Waals surface area contributed by atoms with E-state index in [1.807, 2.05) is 30.3 Å². The van der Waals surface area contributed by atoms with Gasteiger partial charge in [0, 0.05) is 32.3 Å². The molecule has 1 aliphatic carbocycles. The van der Waals surface area contributed by atoms with Gasteiger partial charge in [0.05, 0.1) is 5.69 Å². The van der Waals surface area contributed by atoms with Crippen LogP contribution in [0.1, 0.15) is 56.4 Å². The molecule has 2 aromatic carbocycles. The minimum Gasteiger partial charge on any atom is -0.490 e. The molecule has 2 aromatic rings. The number of rotatable bonds is 6. The Balaban J connectivity index is 1.49. The molecule has 1 saturated heterocycles. The van der Waals surface area contributed by atoms with Crippen LogP contribution in [0.3, 0.4) is 0 Å². The summed E-state index contributed by atoms with van der Waals surface area (Å²) >= 11 is 6.60. The first-order valence-corrected chi connectivity index (χ1v) is 13.0. The summed E-state index contributed by atoms with van der Waals surface area (Å²) in [6.45, 7) is 5.17. The lowest BCUT2D eigenvalue weighted by Crippen LogP contribution is -2.59. The summed E-state index contributed by atoms with van der Waals surface area (Å²) in [5, 5.41) is 3.92. The maximum atomic E-state index is 12.1. The number of benzene rings is 2. The van der Waals surface area contributed by atoms with E-state index in [2.05, 4.69) is 5.32 Å². The molecule has 0 aromatic heterocycles. The van der Waals surface area contributed by atoms with E-state index < -0.39 is 47.9 Å². The van der Waals surface area contributed by atoms with Crippen LogP contribution in [0.5, 0.6) is 5.75 Å². The van der Waals surface area contributed by atoms with Gasteiger partial charge in [-0.25, -0.2) is 0 Å². The molecular formula is C28H30ClNO8. The van der Waals surface area contributed by atoms with Crippen LogP contribution < -0.4 is 10.1 Å². The number of nitrogens with one attached hydrogen (secondary N) is 1. The minimum atomic E-state index is -1.04. The molecule has 202 valence electrons. The highest BCUT2D eigenvalue weighted by molar-refractivity contribution is 6.31. The largest absolute Gasteiger partial charge is 0.490 e. The van der Waals surface area contributed by atoms with Gasteiger partial charge >= 0.3 is 17.9 Å². The van der Waals surface area contributed by atoms with Gasteiger partial charge < -0.3 is 29.0 Å². The quantitative estimate of drug-likeness (QED) is 0.424. The van der Waals surface area contributed by atoms with Crippen LogP contribution >= 0.6 is 11.6 Å². The fourth-order valence-electron chi connectivity index (χ4n) is 5.23. The standard InChI is InChI=1S/C28H30ClNO8/c1-15(31)35-25-24(38-28(8-9-28)27(37-17(3)33)26(25)36-16(2)32)19-5-6-21(29)20(14-19)12-18-4-7-23-22(13-18)30-10-11-34-23/h4-7,13-14,24-27,30H,8-12H2,1-3H3/t24-,25-,26+,27-/m0/s1. The SMILES string of the molecule is CC(=O)O[C@@H]1[C@@H](OC(C)=O)[C@H](OC(C)=O)C2(CC2)O[C@H]1c1ccc(Cl)c(Cc2ccc3c(c2)NCCO3)c1. The minimum absolute atomic E-state index is 0.541. The third kappa shape index (κ3) is 5.44. The van der Waals surface area contributed by atoms with E-state index in [1.54, 1.807) is 6.07 Å². The van der Waals surface area contributed by atoms with Crippen LogP contribution in [-0.2, 0) is 39.8 Å². The number of fused-ring (bicyclic) bond motifs is 1. The highest BCUT2D eigenvalue weighted by Gasteiger charge is 2.65. The Morgan fingerprint density at radius 3 is 2.37 bits per heavy atom. The number of halogens is 1. The van der Waals surface area contributed by atoms with Crippen molar-refractivity contribution in [1.29, 1.82) is 0 Å². The van der Waals surface area contributed by atoms with Crippen molar-refractivity contribution in [2.24, 2.45) is 0 Å². The molecule has 0 bridgehead atoms. The van der Waals surface area contributed by atoms with Crippen molar-refractivity contribution < 1.29 is 38.1 Å². The maximum Gasteiger partial charge on any atom is 0.303 e. The Kier molecular flexibility index (Phi) is 7.24. The van der Waals surface area contributed by atoms with Crippen molar-refractivity contribution in [1.82, 2.24) is 0 Å². The molecule has 1 N–H and O–H groups in total. The Morgan fingerprint density at radius 2 is 1.68 bits per heavy atom. The zero-order chi connectivity index (χ0) is 27.0. The number of ether oxygens (including phenoxy) is 5. The Morgan fingerprint density at radius 1 is 0.974 bits per heavy atom. The fraction of sp³-hybridized carbons (Fsp3) is 0.464. The van der Waals surface area contributed by atoms with Gasteiger partial charge in [-0.3, -0.25) is 14.4 Å². The number of anilines is 1. The maximum absolute atomic E-state index is 12.1. The molecule has 3 aliphatic rings. The van der Waals surface area contributed by atoms with Crippen molar-refractivity contribution in [3.8, 4) is 5.75 Å². The zero-order valence-corrected chi connectivity index (χ0v) is 22.2. The number of carbonyl (C=O) groups is 3. The summed E-state index contributed by atoms with van der Waals surface area (Å²) < 4.78 is 29.1. The van der Waals surface area contributed by atoms with E-state index in [-0.39, 0.29) is 0 Å². The van der Waals surface area contributed by atoms with Gasteiger partial charge in [-0.2, -0.15) is 0 Å². The summed E-state index contributed by atoms with van der Waals surface area (Å²) in [5.74, 6) is -0.886. The lowest BCUT2D eigenvalue weighted by atomic mass is 9.88. The number of hydrogen-bond acceptors (Lipinski definition) is 9. The molecule has 2 aliphatic heterocycles. The van der Waals surface area contributed by atoms with Crippen LogP contribution in [0.4, 0.5) is 5.69 Å². The van der Waals surface area contributed by atoms with E-state index in [1.165, 1.54) is 20.8 Å². The number of hydrogen-bond donors (Lipinski definition) is 1. The van der Waals surface area contributed by atoms with Crippen LogP contribution in [-0.4, -0.2) is 55.0 Å². The van der Waals surface area contributed by atoms with Crippen LogP contribution in [0.15, 0.2) is 36.4 Å². The lowest BCUT2D eigenvalue weighted by Gasteiger charge is -2.45. The van der Waals surface area contributed by atoms with Gasteiger partial charge in [0.2, 0.25) is 0 Å². The summed E-state index contributed by atoms with van der Waals surface area (Å²) in [4.78, 5) is 36.2. The topological polar surface area (TPSA) is 109 Å². The molecule has 4 atom stereocenters. The summed E-state index contributed by atoms with van der Waals surface area (Å²) in [6.07, 6.45) is -1.98. The van der Waals surface area contributed by atoms with E-state index in [0.717, 1.165) is 29.1 Å². The summed E-state index contributed by atoms with van der Waals surface area (Å²) in [7, 11) is 0. The first-order chi connectivity index (χ1) is 18.1. The van der Waals surface area contributed by atoms with Gasteiger partial charge in [-0.1, -0.05) is 29.8 Å². The van der Waals surface area contributed by atoms with Gasteiger partial charge in [0.15, 0.2) is 18.3 Å².